The number of rotatable bonds is 4. The summed E-state index contributed by atoms with van der Waals surface area (Å²) in [4.78, 5) is 4.36. The fraction of sp³-hybridized carbons (Fsp3) is 0.312. The zero-order chi connectivity index (χ0) is 13.8. The first-order valence-corrected chi connectivity index (χ1v) is 6.82. The highest BCUT2D eigenvalue weighted by Crippen LogP contribution is 2.30. The molecule has 2 aromatic rings. The maximum Gasteiger partial charge on any atom is 0.161 e. The van der Waals surface area contributed by atoms with Crippen molar-refractivity contribution in [3.05, 3.63) is 53.9 Å². The van der Waals surface area contributed by atoms with Crippen molar-refractivity contribution in [2.45, 2.75) is 19.6 Å². The lowest BCUT2D eigenvalue weighted by molar-refractivity contribution is 0.0901. The molecule has 104 valence electrons. The fourth-order valence-electron chi connectivity index (χ4n) is 2.13. The van der Waals surface area contributed by atoms with Gasteiger partial charge in [-0.3, -0.25) is 4.98 Å². The summed E-state index contributed by atoms with van der Waals surface area (Å²) in [5.41, 5.74) is 2.21. The van der Waals surface area contributed by atoms with Crippen molar-refractivity contribution in [2.24, 2.45) is 0 Å². The minimum Gasteiger partial charge on any atom is -0.486 e. The van der Waals surface area contributed by atoms with Gasteiger partial charge in [-0.05, 0) is 30.7 Å². The molecule has 1 aromatic carbocycles. The van der Waals surface area contributed by atoms with Crippen molar-refractivity contribution in [1.82, 2.24) is 10.3 Å². The molecule has 1 aliphatic heterocycles. The highest BCUT2D eigenvalue weighted by molar-refractivity contribution is 5.40. The first kappa shape index (κ1) is 12.9. The topological polar surface area (TPSA) is 43.4 Å². The van der Waals surface area contributed by atoms with E-state index in [2.05, 4.69) is 16.4 Å². The molecule has 0 radical (unpaired) electrons. The minimum atomic E-state index is 0.0374. The number of nitrogens with zero attached hydrogens (tertiary/aromatic N) is 1. The number of benzene rings is 1. The smallest absolute Gasteiger partial charge is 0.161 e. The maximum atomic E-state index is 5.88. The predicted octanol–water partition coefficient (Wildman–Crippen LogP) is 2.32. The van der Waals surface area contributed by atoms with Crippen molar-refractivity contribution in [1.29, 1.82) is 0 Å². The zero-order valence-corrected chi connectivity index (χ0v) is 11.5. The maximum absolute atomic E-state index is 5.88. The average Bonchev–Trinajstić information content (AvgIpc) is 2.49. The van der Waals surface area contributed by atoms with Gasteiger partial charge in [-0.25, -0.2) is 0 Å². The first-order valence-electron chi connectivity index (χ1n) is 6.82. The average molecular weight is 270 g/mol. The number of pyridine rings is 1. The van der Waals surface area contributed by atoms with Gasteiger partial charge >= 0.3 is 0 Å². The van der Waals surface area contributed by atoms with Gasteiger partial charge < -0.3 is 14.8 Å². The van der Waals surface area contributed by atoms with E-state index in [1.165, 1.54) is 5.56 Å². The summed E-state index contributed by atoms with van der Waals surface area (Å²) >= 11 is 0. The number of aromatic nitrogens is 1. The molecular weight excluding hydrogens is 252 g/mol. The number of hydrogen-bond donors (Lipinski definition) is 1. The second kappa shape index (κ2) is 5.92. The van der Waals surface area contributed by atoms with E-state index < -0.39 is 0 Å². The predicted molar refractivity (Wildman–Crippen MR) is 77.0 cm³/mol. The van der Waals surface area contributed by atoms with Crippen LogP contribution in [0.3, 0.4) is 0 Å². The Morgan fingerprint density at radius 3 is 2.85 bits per heavy atom. The van der Waals surface area contributed by atoms with Crippen LogP contribution in [0.1, 0.15) is 11.3 Å². The van der Waals surface area contributed by atoms with Crippen LogP contribution in [0.25, 0.3) is 0 Å². The Kier molecular flexibility index (Phi) is 3.83. The second-order valence-corrected chi connectivity index (χ2v) is 4.96. The van der Waals surface area contributed by atoms with E-state index in [-0.39, 0.29) is 6.10 Å². The Balaban J connectivity index is 1.49. The van der Waals surface area contributed by atoms with Gasteiger partial charge in [0.1, 0.15) is 12.7 Å². The number of aryl methyl sites for hydroxylation is 1. The molecule has 1 N–H and O–H groups in total. The molecular formula is C16H18N2O2. The molecule has 20 heavy (non-hydrogen) atoms. The van der Waals surface area contributed by atoms with Crippen LogP contribution in [0.5, 0.6) is 11.5 Å². The molecule has 0 fully saturated rings. The lowest BCUT2D eigenvalue weighted by Crippen LogP contribution is -2.38. The van der Waals surface area contributed by atoms with Crippen LogP contribution >= 0.6 is 0 Å². The Labute approximate surface area is 118 Å². The van der Waals surface area contributed by atoms with Crippen LogP contribution in [-0.4, -0.2) is 24.2 Å². The van der Waals surface area contributed by atoms with Crippen molar-refractivity contribution in [3.63, 3.8) is 0 Å². The van der Waals surface area contributed by atoms with Gasteiger partial charge in [0.25, 0.3) is 0 Å². The van der Waals surface area contributed by atoms with Crippen molar-refractivity contribution < 1.29 is 9.47 Å². The third-order valence-corrected chi connectivity index (χ3v) is 3.22. The van der Waals surface area contributed by atoms with Crippen molar-refractivity contribution >= 4 is 0 Å². The monoisotopic (exact) mass is 270 g/mol. The molecule has 1 atom stereocenters. The fourth-order valence-corrected chi connectivity index (χ4v) is 2.13. The van der Waals surface area contributed by atoms with Gasteiger partial charge in [-0.15, -0.1) is 0 Å². The summed E-state index contributed by atoms with van der Waals surface area (Å²) in [6.45, 7) is 4.09. The summed E-state index contributed by atoms with van der Waals surface area (Å²) in [5, 5.41) is 3.35. The minimum absolute atomic E-state index is 0.0374. The molecule has 0 amide bonds. The van der Waals surface area contributed by atoms with Crippen LogP contribution in [0.4, 0.5) is 0 Å². The van der Waals surface area contributed by atoms with Crippen LogP contribution in [0.15, 0.2) is 42.6 Å². The van der Waals surface area contributed by atoms with Crippen LogP contribution in [0.2, 0.25) is 0 Å². The third kappa shape index (κ3) is 3.08. The molecule has 4 nitrogen and oxygen atoms in total. The first-order chi connectivity index (χ1) is 9.81. The van der Waals surface area contributed by atoms with Gasteiger partial charge in [0.15, 0.2) is 11.5 Å². The molecule has 2 heterocycles. The quantitative estimate of drug-likeness (QED) is 0.926. The summed E-state index contributed by atoms with van der Waals surface area (Å²) < 4.78 is 11.6. The summed E-state index contributed by atoms with van der Waals surface area (Å²) in [7, 11) is 0. The number of para-hydroxylation sites is 2. The number of nitrogens with one attached hydrogen (secondary N) is 1. The molecule has 0 saturated carbocycles. The van der Waals surface area contributed by atoms with Gasteiger partial charge in [-0.1, -0.05) is 18.2 Å². The highest BCUT2D eigenvalue weighted by Gasteiger charge is 2.19. The van der Waals surface area contributed by atoms with Gasteiger partial charge in [0.2, 0.25) is 0 Å². The van der Waals surface area contributed by atoms with E-state index in [1.807, 2.05) is 43.5 Å². The molecule has 0 aliphatic carbocycles. The number of hydrogen-bond acceptors (Lipinski definition) is 4. The number of fused-ring (bicyclic) bond motifs is 1. The molecule has 1 aromatic heterocycles. The zero-order valence-electron chi connectivity index (χ0n) is 11.5. The van der Waals surface area contributed by atoms with E-state index in [1.54, 1.807) is 0 Å². The van der Waals surface area contributed by atoms with Crippen LogP contribution in [0, 0.1) is 6.92 Å². The highest BCUT2D eigenvalue weighted by atomic mass is 16.6. The molecule has 3 rings (SSSR count). The molecule has 0 bridgehead atoms. The van der Waals surface area contributed by atoms with E-state index in [0.29, 0.717) is 6.61 Å². The third-order valence-electron chi connectivity index (χ3n) is 3.22. The summed E-state index contributed by atoms with van der Waals surface area (Å²) in [6.07, 6.45) is 1.92. The Morgan fingerprint density at radius 2 is 2.05 bits per heavy atom. The van der Waals surface area contributed by atoms with E-state index in [9.17, 15) is 0 Å². The lowest BCUT2D eigenvalue weighted by atomic mass is 10.2. The van der Waals surface area contributed by atoms with E-state index in [0.717, 1.165) is 30.3 Å². The Morgan fingerprint density at radius 1 is 1.20 bits per heavy atom. The normalized spacial score (nSPS) is 16.9. The summed E-state index contributed by atoms with van der Waals surface area (Å²) in [6, 6.07) is 11.9. The van der Waals surface area contributed by atoms with Crippen molar-refractivity contribution in [3.8, 4) is 11.5 Å². The molecule has 4 heteroatoms. The SMILES string of the molecule is Cc1ccc(CNCC2COc3ccccc3O2)nc1. The van der Waals surface area contributed by atoms with Crippen LogP contribution in [-0.2, 0) is 6.54 Å². The van der Waals surface area contributed by atoms with Gasteiger partial charge in [0, 0.05) is 19.3 Å². The van der Waals surface area contributed by atoms with Crippen LogP contribution < -0.4 is 14.8 Å². The van der Waals surface area contributed by atoms with Gasteiger partial charge in [-0.2, -0.15) is 0 Å². The Bertz CT molecular complexity index is 569. The van der Waals surface area contributed by atoms with Crippen molar-refractivity contribution in [2.75, 3.05) is 13.2 Å². The molecule has 0 saturated heterocycles. The lowest BCUT2D eigenvalue weighted by Gasteiger charge is -2.26. The second-order valence-electron chi connectivity index (χ2n) is 4.96. The molecule has 1 aliphatic rings. The summed E-state index contributed by atoms with van der Waals surface area (Å²) in [5.74, 6) is 1.64. The van der Waals surface area contributed by atoms with E-state index in [4.69, 9.17) is 9.47 Å². The van der Waals surface area contributed by atoms with E-state index >= 15 is 0 Å². The standard InChI is InChI=1S/C16H18N2O2/c1-12-6-7-13(18-8-12)9-17-10-14-11-19-15-4-2-3-5-16(15)20-14/h2-8,14,17H,9-11H2,1H3. The molecule has 0 spiro atoms. The largest absolute Gasteiger partial charge is 0.486 e. The molecule has 1 unspecified atom stereocenters. The van der Waals surface area contributed by atoms with Gasteiger partial charge in [0.05, 0.1) is 5.69 Å². The number of ether oxygens (including phenoxy) is 2. The Hall–Kier alpha value is -2.07.